The first kappa shape index (κ1) is 23.2. The molecule has 0 radical (unpaired) electrons. The molecule has 36 heavy (non-hydrogen) atoms. The predicted octanol–water partition coefficient (Wildman–Crippen LogP) is 4.30. The van der Waals surface area contributed by atoms with E-state index in [0.29, 0.717) is 35.0 Å². The van der Waals surface area contributed by atoms with Crippen LogP contribution in [0.2, 0.25) is 0 Å². The van der Waals surface area contributed by atoms with Gasteiger partial charge in [0.05, 0.1) is 45.8 Å². The molecule has 1 aromatic carbocycles. The van der Waals surface area contributed by atoms with Crippen molar-refractivity contribution in [3.05, 3.63) is 51.3 Å². The Morgan fingerprint density at radius 3 is 2.78 bits per heavy atom. The van der Waals surface area contributed by atoms with Crippen LogP contribution in [0.15, 0.2) is 34.1 Å². The van der Waals surface area contributed by atoms with E-state index in [-0.39, 0.29) is 18.6 Å². The van der Waals surface area contributed by atoms with Crippen LogP contribution in [-0.4, -0.2) is 38.6 Å². The molecule has 0 saturated heterocycles. The quantitative estimate of drug-likeness (QED) is 0.414. The van der Waals surface area contributed by atoms with Crippen LogP contribution in [0, 0.1) is 5.92 Å². The van der Waals surface area contributed by atoms with Gasteiger partial charge in [-0.2, -0.15) is 0 Å². The van der Waals surface area contributed by atoms with E-state index < -0.39 is 11.6 Å². The van der Waals surface area contributed by atoms with Gasteiger partial charge in [0.25, 0.3) is 5.56 Å². The number of cyclic esters (lactones) is 1. The molecular weight excluding hydrogens is 476 g/mol. The smallest absolute Gasteiger partial charge is 0.343 e. The number of carbonyl (C=O) groups is 1. The van der Waals surface area contributed by atoms with E-state index in [9.17, 15) is 14.7 Å². The summed E-state index contributed by atoms with van der Waals surface area (Å²) in [5, 5.41) is 13.1. The van der Waals surface area contributed by atoms with E-state index >= 15 is 0 Å². The van der Waals surface area contributed by atoms with Gasteiger partial charge in [0.1, 0.15) is 6.61 Å². The van der Waals surface area contributed by atoms with Crippen LogP contribution in [0.5, 0.6) is 0 Å². The second-order valence-corrected chi connectivity index (χ2v) is 10.8. The minimum atomic E-state index is -1.84. The maximum absolute atomic E-state index is 13.7. The molecule has 1 unspecified atom stereocenters. The SMILES string of the molecule is CCC1(O)C(=O)OCc2c1cc1n(c2=O)Cc2c-1nc1cccc3c1c2N(CCC(C)C)C(SC)=N3. The van der Waals surface area contributed by atoms with Gasteiger partial charge in [0.15, 0.2) is 10.8 Å². The lowest BCUT2D eigenvalue weighted by molar-refractivity contribution is -0.172. The largest absolute Gasteiger partial charge is 0.458 e. The van der Waals surface area contributed by atoms with Crippen molar-refractivity contribution in [3.8, 4) is 11.4 Å². The fourth-order valence-corrected chi connectivity index (χ4v) is 6.08. The van der Waals surface area contributed by atoms with Crippen molar-refractivity contribution in [1.82, 2.24) is 9.55 Å². The molecule has 186 valence electrons. The van der Waals surface area contributed by atoms with E-state index in [2.05, 4.69) is 18.7 Å². The lowest BCUT2D eigenvalue weighted by Crippen LogP contribution is -2.44. The zero-order valence-electron chi connectivity index (χ0n) is 20.8. The van der Waals surface area contributed by atoms with Gasteiger partial charge in [0.2, 0.25) is 0 Å². The maximum Gasteiger partial charge on any atom is 0.343 e. The third-order valence-electron chi connectivity index (χ3n) is 7.49. The molecule has 3 aliphatic rings. The Morgan fingerprint density at radius 2 is 2.06 bits per heavy atom. The van der Waals surface area contributed by atoms with Gasteiger partial charge in [-0.1, -0.05) is 38.6 Å². The summed E-state index contributed by atoms with van der Waals surface area (Å²) in [5.74, 6) is -0.196. The van der Waals surface area contributed by atoms with Crippen LogP contribution in [0.1, 0.15) is 50.3 Å². The lowest BCUT2D eigenvalue weighted by Gasteiger charge is -2.32. The Hall–Kier alpha value is -3.17. The Bertz CT molecular complexity index is 1540. The van der Waals surface area contributed by atoms with Crippen LogP contribution in [0.4, 0.5) is 11.4 Å². The Kier molecular flexibility index (Phi) is 5.28. The first-order valence-electron chi connectivity index (χ1n) is 12.3. The highest BCUT2D eigenvalue weighted by atomic mass is 32.2. The maximum atomic E-state index is 13.7. The molecule has 3 aliphatic heterocycles. The molecule has 0 saturated carbocycles. The number of anilines is 1. The van der Waals surface area contributed by atoms with E-state index in [0.717, 1.165) is 46.0 Å². The molecule has 6 rings (SSSR count). The molecule has 3 aromatic rings. The van der Waals surface area contributed by atoms with Crippen molar-refractivity contribution in [2.45, 2.75) is 52.4 Å². The summed E-state index contributed by atoms with van der Waals surface area (Å²) >= 11 is 1.61. The Labute approximate surface area is 213 Å². The molecule has 1 N–H and O–H groups in total. The average molecular weight is 505 g/mol. The molecule has 0 spiro atoms. The van der Waals surface area contributed by atoms with Gasteiger partial charge >= 0.3 is 5.97 Å². The summed E-state index contributed by atoms with van der Waals surface area (Å²) in [5.41, 5.74) is 3.60. The van der Waals surface area contributed by atoms with Crippen LogP contribution < -0.4 is 10.5 Å². The number of pyridine rings is 2. The number of amidine groups is 1. The third kappa shape index (κ3) is 3.12. The number of aliphatic imine (C=N–C) groups is 1. The summed E-state index contributed by atoms with van der Waals surface area (Å²) in [6, 6.07) is 7.70. The van der Waals surface area contributed by atoms with Gasteiger partial charge in [0, 0.05) is 17.7 Å². The number of rotatable bonds is 4. The van der Waals surface area contributed by atoms with E-state index in [1.54, 1.807) is 29.3 Å². The summed E-state index contributed by atoms with van der Waals surface area (Å²) in [4.78, 5) is 38.4. The number of ether oxygens (including phenoxy) is 1. The first-order valence-corrected chi connectivity index (χ1v) is 13.5. The van der Waals surface area contributed by atoms with Crippen molar-refractivity contribution < 1.29 is 14.6 Å². The zero-order chi connectivity index (χ0) is 25.4. The average Bonchev–Trinajstić information content (AvgIpc) is 3.24. The number of hydrogen-bond donors (Lipinski definition) is 1. The highest BCUT2D eigenvalue weighted by Gasteiger charge is 2.45. The molecule has 0 amide bonds. The minimum Gasteiger partial charge on any atom is -0.458 e. The number of carbonyl (C=O) groups excluding carboxylic acids is 1. The number of esters is 1. The van der Waals surface area contributed by atoms with Gasteiger partial charge < -0.3 is 19.3 Å². The van der Waals surface area contributed by atoms with Crippen molar-refractivity contribution in [3.63, 3.8) is 0 Å². The van der Waals surface area contributed by atoms with E-state index in [4.69, 9.17) is 14.7 Å². The molecule has 9 heteroatoms. The molecule has 8 nitrogen and oxygen atoms in total. The van der Waals surface area contributed by atoms with Crippen molar-refractivity contribution in [2.75, 3.05) is 17.7 Å². The van der Waals surface area contributed by atoms with Crippen LogP contribution in [0.3, 0.4) is 0 Å². The number of fused-ring (bicyclic) bond motifs is 5. The number of nitrogens with zero attached hydrogens (tertiary/aromatic N) is 4. The topological polar surface area (TPSA) is 97.0 Å². The summed E-state index contributed by atoms with van der Waals surface area (Å²) < 4.78 is 6.92. The van der Waals surface area contributed by atoms with Crippen molar-refractivity contribution in [2.24, 2.45) is 10.9 Å². The van der Waals surface area contributed by atoms with Crippen molar-refractivity contribution >= 4 is 45.2 Å². The third-order valence-corrected chi connectivity index (χ3v) is 8.17. The lowest BCUT2D eigenvalue weighted by atomic mass is 9.86. The normalized spacial score (nSPS) is 19.8. The summed E-state index contributed by atoms with van der Waals surface area (Å²) in [7, 11) is 0. The highest BCUT2D eigenvalue weighted by molar-refractivity contribution is 8.13. The van der Waals surface area contributed by atoms with Gasteiger partial charge in [-0.25, -0.2) is 14.8 Å². The standard InChI is InChI=1S/C27H28N4O4S/c1-5-27(34)17-11-20-22-15(12-31(20)24(32)16(17)13-35-25(27)33)23-21-18(28-22)7-6-8-19(21)29-26(36-4)30(23)10-9-14(2)3/h6-8,11,14,34H,5,9-10,12-13H2,1-4H3. The van der Waals surface area contributed by atoms with Gasteiger partial charge in [-0.3, -0.25) is 4.79 Å². The Balaban J connectivity index is 1.63. The number of aromatic nitrogens is 2. The van der Waals surface area contributed by atoms with Crippen LogP contribution in [-0.2, 0) is 28.3 Å². The predicted molar refractivity (Wildman–Crippen MR) is 142 cm³/mol. The monoisotopic (exact) mass is 504 g/mol. The second-order valence-electron chi connectivity index (χ2n) is 9.99. The van der Waals surface area contributed by atoms with Gasteiger partial charge in [-0.15, -0.1) is 0 Å². The van der Waals surface area contributed by atoms with Gasteiger partial charge in [-0.05, 0) is 43.2 Å². The molecular formula is C27H28N4O4S. The molecule has 5 heterocycles. The molecule has 2 aromatic heterocycles. The van der Waals surface area contributed by atoms with E-state index in [1.807, 2.05) is 24.5 Å². The Morgan fingerprint density at radius 1 is 1.25 bits per heavy atom. The molecule has 0 bridgehead atoms. The number of benzene rings is 1. The van der Waals surface area contributed by atoms with Crippen molar-refractivity contribution in [1.29, 1.82) is 0 Å². The first-order chi connectivity index (χ1) is 17.3. The number of hydrogen-bond acceptors (Lipinski definition) is 8. The van der Waals surface area contributed by atoms with Crippen LogP contribution >= 0.6 is 11.8 Å². The highest BCUT2D eigenvalue weighted by Crippen LogP contribution is 2.48. The molecule has 0 fully saturated rings. The molecule has 0 aliphatic carbocycles. The fourth-order valence-electron chi connectivity index (χ4n) is 5.49. The second kappa shape index (κ2) is 8.18. The number of thioether (sulfide) groups is 1. The fraction of sp³-hybridized carbons (Fsp3) is 0.407. The zero-order valence-corrected chi connectivity index (χ0v) is 21.6. The van der Waals surface area contributed by atoms with E-state index in [1.165, 1.54) is 0 Å². The number of aliphatic hydroxyl groups is 1. The van der Waals surface area contributed by atoms with Crippen LogP contribution in [0.25, 0.3) is 22.3 Å². The summed E-state index contributed by atoms with van der Waals surface area (Å²) in [6.45, 7) is 7.15. The summed E-state index contributed by atoms with van der Waals surface area (Å²) in [6.07, 6.45) is 3.14. The minimum absolute atomic E-state index is 0.116. The molecule has 1 atom stereocenters.